The number of aliphatic hydroxyl groups excluding tert-OH is 1. The van der Waals surface area contributed by atoms with Gasteiger partial charge in [0.1, 0.15) is 5.75 Å². The summed E-state index contributed by atoms with van der Waals surface area (Å²) >= 11 is 0. The smallest absolute Gasteiger partial charge is 0.246 e. The molecule has 1 unspecified atom stereocenters. The summed E-state index contributed by atoms with van der Waals surface area (Å²) in [6.45, 7) is 13.4. The van der Waals surface area contributed by atoms with Crippen LogP contribution in [0.2, 0.25) is 0 Å². The van der Waals surface area contributed by atoms with Crippen LogP contribution in [0.1, 0.15) is 85.3 Å². The van der Waals surface area contributed by atoms with Gasteiger partial charge in [0, 0.05) is 25.5 Å². The second kappa shape index (κ2) is 6.80. The maximum atomic E-state index is 11.8. The number of benzene rings is 1. The molecule has 2 saturated carbocycles. The molecule has 0 aromatic heterocycles. The van der Waals surface area contributed by atoms with E-state index in [-0.39, 0.29) is 11.3 Å². The highest BCUT2D eigenvalue weighted by Crippen LogP contribution is 2.64. The van der Waals surface area contributed by atoms with Crippen molar-refractivity contribution >= 4 is 0 Å². The zero-order valence-electron chi connectivity index (χ0n) is 19.2. The molecule has 1 heterocycles. The zero-order valence-corrected chi connectivity index (χ0v) is 19.2. The molecule has 5 atom stereocenters. The van der Waals surface area contributed by atoms with E-state index in [1.54, 1.807) is 7.11 Å². The molecule has 3 aliphatic rings. The number of ether oxygens (including phenoxy) is 3. The van der Waals surface area contributed by atoms with E-state index in [9.17, 15) is 5.11 Å². The zero-order chi connectivity index (χ0) is 21.2. The summed E-state index contributed by atoms with van der Waals surface area (Å²) in [4.78, 5) is 0. The van der Waals surface area contributed by atoms with Crippen LogP contribution < -0.4 is 14.2 Å². The topological polar surface area (TPSA) is 47.9 Å². The first-order valence-corrected chi connectivity index (χ1v) is 11.3. The van der Waals surface area contributed by atoms with Gasteiger partial charge in [-0.1, -0.05) is 40.5 Å². The van der Waals surface area contributed by atoms with Crippen LogP contribution in [-0.2, 0) is 0 Å². The molecular weight excluding hydrogens is 364 g/mol. The van der Waals surface area contributed by atoms with Crippen LogP contribution in [-0.4, -0.2) is 18.0 Å². The first-order chi connectivity index (χ1) is 13.5. The van der Waals surface area contributed by atoms with Crippen molar-refractivity contribution in [3.05, 3.63) is 17.7 Å². The summed E-state index contributed by atoms with van der Waals surface area (Å²) in [6.07, 6.45) is 5.56. The Morgan fingerprint density at radius 2 is 1.69 bits per heavy atom. The standard InChI is InChI=1S/C25H38O4/c1-15-9-10-20-23(2,3)11-8-12-25(20,6)21(15)22(26)16-13-18-19(14-17(16)27-7)29-24(4,5)28-18/h13-15,20-22,26H,8-12H2,1-7H3/t15-,20+,21-,22?,25+/m1/s1. The molecule has 162 valence electrons. The third kappa shape index (κ3) is 3.32. The number of methoxy groups -OCH3 is 1. The molecular formula is C25H38O4. The van der Waals surface area contributed by atoms with E-state index >= 15 is 0 Å². The highest BCUT2D eigenvalue weighted by molar-refractivity contribution is 5.53. The van der Waals surface area contributed by atoms with E-state index < -0.39 is 11.9 Å². The number of hydrogen-bond donors (Lipinski definition) is 1. The molecule has 4 rings (SSSR count). The maximum Gasteiger partial charge on any atom is 0.246 e. The number of aliphatic hydroxyl groups is 1. The van der Waals surface area contributed by atoms with Gasteiger partial charge in [-0.25, -0.2) is 0 Å². The quantitative estimate of drug-likeness (QED) is 0.662. The summed E-state index contributed by atoms with van der Waals surface area (Å²) in [5.41, 5.74) is 1.28. The van der Waals surface area contributed by atoms with Crippen LogP contribution in [0.25, 0.3) is 0 Å². The van der Waals surface area contributed by atoms with Crippen molar-refractivity contribution in [3.63, 3.8) is 0 Å². The average Bonchev–Trinajstić information content (AvgIpc) is 2.91. The fraction of sp³-hybridized carbons (Fsp3) is 0.760. The van der Waals surface area contributed by atoms with Crippen molar-refractivity contribution in [1.82, 2.24) is 0 Å². The van der Waals surface area contributed by atoms with Gasteiger partial charge in [0.25, 0.3) is 0 Å². The van der Waals surface area contributed by atoms with Crippen LogP contribution in [0.3, 0.4) is 0 Å². The van der Waals surface area contributed by atoms with Gasteiger partial charge < -0.3 is 19.3 Å². The number of hydrogen-bond acceptors (Lipinski definition) is 4. The minimum absolute atomic E-state index is 0.124. The molecule has 4 heteroatoms. The summed E-state index contributed by atoms with van der Waals surface area (Å²) in [7, 11) is 1.66. The lowest BCUT2D eigenvalue weighted by Gasteiger charge is -2.60. The molecule has 0 bridgehead atoms. The van der Waals surface area contributed by atoms with Crippen LogP contribution in [0.5, 0.6) is 17.2 Å². The summed E-state index contributed by atoms with van der Waals surface area (Å²) in [6, 6.07) is 3.82. The van der Waals surface area contributed by atoms with E-state index in [1.807, 2.05) is 26.0 Å². The second-order valence-electron chi connectivity index (χ2n) is 11.1. The van der Waals surface area contributed by atoms with Gasteiger partial charge in [-0.2, -0.15) is 0 Å². The SMILES string of the molecule is COc1cc2c(cc1C(O)[C@H]1[C@H](C)CC[C@H]3C(C)(C)CCC[C@]13C)OC(C)(C)O2. The monoisotopic (exact) mass is 402 g/mol. The van der Waals surface area contributed by atoms with Crippen molar-refractivity contribution in [2.45, 2.75) is 85.5 Å². The Balaban J connectivity index is 1.74. The van der Waals surface area contributed by atoms with Gasteiger partial charge in [-0.3, -0.25) is 0 Å². The van der Waals surface area contributed by atoms with Gasteiger partial charge in [0.15, 0.2) is 11.5 Å². The predicted octanol–water partition coefficient (Wildman–Crippen LogP) is 6.11. The molecule has 0 spiro atoms. The maximum absolute atomic E-state index is 11.8. The lowest BCUT2D eigenvalue weighted by atomic mass is 9.45. The van der Waals surface area contributed by atoms with Crippen molar-refractivity contribution in [2.75, 3.05) is 7.11 Å². The molecule has 1 aromatic carbocycles. The fourth-order valence-electron chi connectivity index (χ4n) is 7.08. The van der Waals surface area contributed by atoms with E-state index in [0.29, 0.717) is 34.5 Å². The average molecular weight is 403 g/mol. The first-order valence-electron chi connectivity index (χ1n) is 11.3. The highest BCUT2D eigenvalue weighted by atomic mass is 16.7. The van der Waals surface area contributed by atoms with Gasteiger partial charge in [-0.15, -0.1) is 0 Å². The Morgan fingerprint density at radius 3 is 2.34 bits per heavy atom. The highest BCUT2D eigenvalue weighted by Gasteiger charge is 2.56. The van der Waals surface area contributed by atoms with Crippen LogP contribution >= 0.6 is 0 Å². The van der Waals surface area contributed by atoms with E-state index in [2.05, 4.69) is 27.7 Å². The van der Waals surface area contributed by atoms with Crippen LogP contribution in [0.15, 0.2) is 12.1 Å². The summed E-state index contributed by atoms with van der Waals surface area (Å²) in [5, 5.41) is 11.8. The minimum atomic E-state index is -0.695. The van der Waals surface area contributed by atoms with Crippen LogP contribution in [0, 0.1) is 28.6 Å². The fourth-order valence-corrected chi connectivity index (χ4v) is 7.08. The molecule has 2 fully saturated rings. The first kappa shape index (κ1) is 20.8. The minimum Gasteiger partial charge on any atom is -0.496 e. The van der Waals surface area contributed by atoms with Crippen molar-refractivity contribution in [2.24, 2.45) is 28.6 Å². The number of rotatable bonds is 3. The Bertz CT molecular complexity index is 783. The lowest BCUT2D eigenvalue weighted by molar-refractivity contribution is -0.134. The van der Waals surface area contributed by atoms with Gasteiger partial charge in [0.2, 0.25) is 5.79 Å². The van der Waals surface area contributed by atoms with Crippen LogP contribution in [0.4, 0.5) is 0 Å². The van der Waals surface area contributed by atoms with E-state index in [1.165, 1.54) is 32.1 Å². The molecule has 0 saturated heterocycles. The van der Waals surface area contributed by atoms with Crippen molar-refractivity contribution in [3.8, 4) is 17.2 Å². The molecule has 4 nitrogen and oxygen atoms in total. The van der Waals surface area contributed by atoms with Gasteiger partial charge in [0.05, 0.1) is 13.2 Å². The molecule has 0 radical (unpaired) electrons. The predicted molar refractivity (Wildman–Crippen MR) is 114 cm³/mol. The molecule has 1 N–H and O–H groups in total. The van der Waals surface area contributed by atoms with Crippen molar-refractivity contribution in [1.29, 1.82) is 0 Å². The Hall–Kier alpha value is -1.42. The Labute approximate surface area is 175 Å². The summed E-state index contributed by atoms with van der Waals surface area (Å²) < 4.78 is 17.6. The second-order valence-corrected chi connectivity index (χ2v) is 11.1. The molecule has 1 aromatic rings. The van der Waals surface area contributed by atoms with Gasteiger partial charge in [-0.05, 0) is 53.9 Å². The summed E-state index contributed by atoms with van der Waals surface area (Å²) in [5.74, 6) is 2.67. The van der Waals surface area contributed by atoms with E-state index in [4.69, 9.17) is 14.2 Å². The van der Waals surface area contributed by atoms with Gasteiger partial charge >= 0.3 is 0 Å². The van der Waals surface area contributed by atoms with E-state index in [0.717, 1.165) is 5.56 Å². The Kier molecular flexibility index (Phi) is 4.88. The largest absolute Gasteiger partial charge is 0.496 e. The third-order valence-corrected chi connectivity index (χ3v) is 8.23. The lowest BCUT2D eigenvalue weighted by Crippen LogP contribution is -2.52. The van der Waals surface area contributed by atoms with Crippen molar-refractivity contribution < 1.29 is 19.3 Å². The normalized spacial score (nSPS) is 35.7. The number of fused-ring (bicyclic) bond motifs is 2. The molecule has 1 aliphatic heterocycles. The Morgan fingerprint density at radius 1 is 1.03 bits per heavy atom. The molecule has 0 amide bonds. The third-order valence-electron chi connectivity index (χ3n) is 8.23. The molecule has 29 heavy (non-hydrogen) atoms. The molecule has 2 aliphatic carbocycles.